The highest BCUT2D eigenvalue weighted by atomic mass is 16.4. The number of carboxylic acids is 4. The van der Waals surface area contributed by atoms with Gasteiger partial charge in [0, 0.05) is 11.4 Å². The van der Waals surface area contributed by atoms with Crippen LogP contribution in [0.15, 0.2) is 84.9 Å². The minimum atomic E-state index is -1.45. The van der Waals surface area contributed by atoms with E-state index in [4.69, 9.17) is 10.2 Å². The van der Waals surface area contributed by atoms with E-state index in [2.05, 4.69) is 10.6 Å². The van der Waals surface area contributed by atoms with Crippen molar-refractivity contribution in [2.75, 3.05) is 10.6 Å². The molecule has 42 heavy (non-hydrogen) atoms. The highest BCUT2D eigenvalue weighted by Gasteiger charge is 2.21. The largest absolute Gasteiger partial charge is 0.478 e. The molecule has 0 aliphatic heterocycles. The highest BCUT2D eigenvalue weighted by molar-refractivity contribution is 6.13. The summed E-state index contributed by atoms with van der Waals surface area (Å²) >= 11 is 0. The van der Waals surface area contributed by atoms with Gasteiger partial charge in [-0.15, -0.1) is 0 Å². The zero-order valence-electron chi connectivity index (χ0n) is 21.3. The van der Waals surface area contributed by atoms with E-state index in [0.717, 1.165) is 0 Å². The third kappa shape index (κ3) is 6.29. The Kier molecular flexibility index (Phi) is 8.09. The zero-order valence-corrected chi connectivity index (χ0v) is 21.3. The van der Waals surface area contributed by atoms with Crippen LogP contribution in [0.3, 0.4) is 0 Å². The Hall–Kier alpha value is -6.30. The van der Waals surface area contributed by atoms with Crippen LogP contribution in [-0.2, 0) is 0 Å². The van der Waals surface area contributed by atoms with Gasteiger partial charge in [-0.05, 0) is 71.8 Å². The monoisotopic (exact) mass is 568 g/mol. The summed E-state index contributed by atoms with van der Waals surface area (Å²) in [7, 11) is 0. The van der Waals surface area contributed by atoms with Crippen LogP contribution in [0.2, 0.25) is 0 Å². The number of carbonyl (C=O) groups is 6. The molecule has 4 aromatic rings. The smallest absolute Gasteiger partial charge is 0.336 e. The molecule has 0 atom stereocenters. The maximum absolute atomic E-state index is 12.9. The Morgan fingerprint density at radius 3 is 1.14 bits per heavy atom. The van der Waals surface area contributed by atoms with Crippen LogP contribution in [0.5, 0.6) is 0 Å². The maximum Gasteiger partial charge on any atom is 0.336 e. The molecule has 12 heteroatoms. The quantitative estimate of drug-likeness (QED) is 0.165. The second kappa shape index (κ2) is 11.8. The molecular weight excluding hydrogens is 548 g/mol. The lowest BCUT2D eigenvalue weighted by Gasteiger charge is -2.13. The molecule has 0 radical (unpaired) electrons. The van der Waals surface area contributed by atoms with Crippen molar-refractivity contribution in [3.8, 4) is 11.1 Å². The standard InChI is InChI=1S/C30H20N2O10/c33-25(31-19-5-1-3-17(11-19)27(35)36)21-9-7-15(13-23(21)29(39)40)16-8-10-22(24(14-16)30(41)42)26(34)32-20-6-2-4-18(12-20)28(37)38/h1-14H,(H,31,33)(H,32,34)(H,35,36)(H,37,38)(H,39,40)(H,41,42). The molecule has 0 spiro atoms. The first kappa shape index (κ1) is 28.7. The van der Waals surface area contributed by atoms with Crippen LogP contribution < -0.4 is 10.6 Å². The molecule has 0 unspecified atom stereocenters. The number of carbonyl (C=O) groups excluding carboxylic acids is 2. The van der Waals surface area contributed by atoms with Gasteiger partial charge in [-0.25, -0.2) is 19.2 Å². The van der Waals surface area contributed by atoms with Crippen LogP contribution in [0, 0.1) is 0 Å². The molecule has 0 fully saturated rings. The number of nitrogens with one attached hydrogen (secondary N) is 2. The molecule has 0 bridgehead atoms. The number of anilines is 2. The van der Waals surface area contributed by atoms with E-state index in [1.807, 2.05) is 0 Å². The van der Waals surface area contributed by atoms with Gasteiger partial charge in [0.15, 0.2) is 0 Å². The molecule has 12 nitrogen and oxygen atoms in total. The fourth-order valence-electron chi connectivity index (χ4n) is 4.05. The van der Waals surface area contributed by atoms with Crippen LogP contribution in [0.4, 0.5) is 11.4 Å². The topological polar surface area (TPSA) is 207 Å². The van der Waals surface area contributed by atoms with Crippen molar-refractivity contribution in [3.05, 3.63) is 118 Å². The van der Waals surface area contributed by atoms with Gasteiger partial charge in [0.05, 0.1) is 33.4 Å². The average molecular weight is 568 g/mol. The predicted octanol–water partition coefficient (Wildman–Crippen LogP) is 4.65. The highest BCUT2D eigenvalue weighted by Crippen LogP contribution is 2.27. The van der Waals surface area contributed by atoms with E-state index in [1.165, 1.54) is 84.9 Å². The number of hydrogen-bond donors (Lipinski definition) is 6. The van der Waals surface area contributed by atoms with Gasteiger partial charge in [0.2, 0.25) is 0 Å². The van der Waals surface area contributed by atoms with Crippen LogP contribution in [0.1, 0.15) is 62.1 Å². The van der Waals surface area contributed by atoms with Crippen LogP contribution >= 0.6 is 0 Å². The maximum atomic E-state index is 12.9. The Balaban J connectivity index is 1.64. The Morgan fingerprint density at radius 2 is 0.810 bits per heavy atom. The van der Waals surface area contributed by atoms with Gasteiger partial charge < -0.3 is 31.1 Å². The molecule has 4 aromatic carbocycles. The third-order valence-corrected chi connectivity index (χ3v) is 6.06. The normalized spacial score (nSPS) is 10.4. The Morgan fingerprint density at radius 1 is 0.429 bits per heavy atom. The van der Waals surface area contributed by atoms with Crippen LogP contribution in [-0.4, -0.2) is 56.1 Å². The molecule has 6 N–H and O–H groups in total. The van der Waals surface area contributed by atoms with E-state index in [9.17, 15) is 39.0 Å². The summed E-state index contributed by atoms with van der Waals surface area (Å²) in [5.74, 6) is -6.94. The first-order chi connectivity index (χ1) is 19.9. The molecule has 0 aliphatic carbocycles. The van der Waals surface area contributed by atoms with E-state index in [1.54, 1.807) is 0 Å². The minimum Gasteiger partial charge on any atom is -0.478 e. The van der Waals surface area contributed by atoms with Crippen molar-refractivity contribution in [1.29, 1.82) is 0 Å². The summed E-state index contributed by atoms with van der Waals surface area (Å²) in [6.07, 6.45) is 0. The predicted molar refractivity (Wildman–Crippen MR) is 149 cm³/mol. The number of benzene rings is 4. The molecule has 0 heterocycles. The fourth-order valence-corrected chi connectivity index (χ4v) is 4.05. The number of amides is 2. The van der Waals surface area contributed by atoms with E-state index >= 15 is 0 Å². The summed E-state index contributed by atoms with van der Waals surface area (Å²) in [5.41, 5.74) is -0.697. The Bertz CT molecular complexity index is 1660. The summed E-state index contributed by atoms with van der Waals surface area (Å²) in [4.78, 5) is 72.2. The van der Waals surface area contributed by atoms with Gasteiger partial charge in [-0.1, -0.05) is 24.3 Å². The lowest BCUT2D eigenvalue weighted by molar-refractivity contribution is 0.0683. The lowest BCUT2D eigenvalue weighted by Crippen LogP contribution is -2.17. The number of rotatable bonds is 9. The van der Waals surface area contributed by atoms with Gasteiger partial charge in [0.1, 0.15) is 0 Å². The second-order valence-corrected chi connectivity index (χ2v) is 8.81. The van der Waals surface area contributed by atoms with Gasteiger partial charge in [-0.2, -0.15) is 0 Å². The third-order valence-electron chi connectivity index (χ3n) is 6.06. The van der Waals surface area contributed by atoms with Crippen molar-refractivity contribution in [1.82, 2.24) is 0 Å². The molecule has 210 valence electrons. The first-order valence-electron chi connectivity index (χ1n) is 12.0. The van der Waals surface area contributed by atoms with Gasteiger partial charge >= 0.3 is 23.9 Å². The van der Waals surface area contributed by atoms with E-state index in [-0.39, 0.29) is 44.8 Å². The molecule has 0 saturated carbocycles. The van der Waals surface area contributed by atoms with Crippen molar-refractivity contribution in [2.24, 2.45) is 0 Å². The summed E-state index contributed by atoms with van der Waals surface area (Å²) < 4.78 is 0. The van der Waals surface area contributed by atoms with Gasteiger partial charge in [-0.3, -0.25) is 9.59 Å². The summed E-state index contributed by atoms with van der Waals surface area (Å²) in [6.45, 7) is 0. The number of carboxylic acid groups (broad SMARTS) is 4. The van der Waals surface area contributed by atoms with Crippen LogP contribution in [0.25, 0.3) is 11.1 Å². The second-order valence-electron chi connectivity index (χ2n) is 8.81. The van der Waals surface area contributed by atoms with Crippen molar-refractivity contribution < 1.29 is 49.2 Å². The summed E-state index contributed by atoms with van der Waals surface area (Å²) in [5, 5.41) is 42.8. The van der Waals surface area contributed by atoms with Crippen molar-refractivity contribution in [3.63, 3.8) is 0 Å². The minimum absolute atomic E-state index is 0.0817. The Labute approximate surface area is 236 Å². The molecule has 0 saturated heterocycles. The SMILES string of the molecule is O=C(O)c1cccc(NC(=O)c2ccc(-c3ccc(C(=O)Nc4cccc(C(=O)O)c4)c(C(=O)O)c3)cc2C(=O)O)c1. The number of hydrogen-bond acceptors (Lipinski definition) is 6. The molecule has 0 aliphatic rings. The molecule has 4 rings (SSSR count). The number of aromatic carboxylic acids is 4. The van der Waals surface area contributed by atoms with Crippen molar-refractivity contribution >= 4 is 47.1 Å². The lowest BCUT2D eigenvalue weighted by atomic mass is 9.95. The van der Waals surface area contributed by atoms with E-state index in [0.29, 0.717) is 0 Å². The fraction of sp³-hybridized carbons (Fsp3) is 0. The average Bonchev–Trinajstić information content (AvgIpc) is 2.96. The van der Waals surface area contributed by atoms with E-state index < -0.39 is 46.8 Å². The molecule has 0 aromatic heterocycles. The summed E-state index contributed by atoms with van der Waals surface area (Å²) in [6, 6.07) is 18.4. The zero-order chi connectivity index (χ0) is 30.6. The molecular formula is C30H20N2O10. The molecule has 2 amide bonds. The van der Waals surface area contributed by atoms with Crippen molar-refractivity contribution in [2.45, 2.75) is 0 Å². The first-order valence-corrected chi connectivity index (χ1v) is 12.0. The van der Waals surface area contributed by atoms with Gasteiger partial charge in [0.25, 0.3) is 11.8 Å².